The summed E-state index contributed by atoms with van der Waals surface area (Å²) in [6.07, 6.45) is 0. The first kappa shape index (κ1) is 13.4. The Bertz CT molecular complexity index is 578. The Balaban J connectivity index is 2.28. The van der Waals surface area contributed by atoms with Crippen molar-refractivity contribution in [3.05, 3.63) is 35.0 Å². The number of aryl methyl sites for hydroxylation is 2. The molecule has 0 atom stereocenters. The van der Waals surface area contributed by atoms with E-state index >= 15 is 0 Å². The molecule has 2 heterocycles. The summed E-state index contributed by atoms with van der Waals surface area (Å²) in [6.45, 7) is 6.36. The second-order valence-electron chi connectivity index (χ2n) is 4.58. The van der Waals surface area contributed by atoms with Crippen molar-refractivity contribution < 1.29 is 4.42 Å². The first-order valence-electron chi connectivity index (χ1n) is 6.09. The molecule has 2 rings (SSSR count). The lowest BCUT2D eigenvalue weighted by Crippen LogP contribution is -2.21. The van der Waals surface area contributed by atoms with Crippen molar-refractivity contribution in [2.45, 2.75) is 27.3 Å². The molecule has 2 aromatic rings. The van der Waals surface area contributed by atoms with Crippen molar-refractivity contribution in [3.63, 3.8) is 0 Å². The van der Waals surface area contributed by atoms with Crippen molar-refractivity contribution in [1.29, 1.82) is 0 Å². The summed E-state index contributed by atoms with van der Waals surface area (Å²) >= 11 is 0. The molecule has 0 aliphatic rings. The maximum atomic E-state index is 5.58. The van der Waals surface area contributed by atoms with E-state index in [-0.39, 0.29) is 0 Å². The molecule has 0 spiro atoms. The van der Waals surface area contributed by atoms with Crippen molar-refractivity contribution in [1.82, 2.24) is 9.97 Å². The Morgan fingerprint density at radius 3 is 2.58 bits per heavy atom. The number of hydrogen-bond acceptors (Lipinski definition) is 6. The predicted molar refractivity (Wildman–Crippen MR) is 74.9 cm³/mol. The highest BCUT2D eigenvalue weighted by atomic mass is 16.3. The van der Waals surface area contributed by atoms with Gasteiger partial charge in [-0.3, -0.25) is 0 Å². The van der Waals surface area contributed by atoms with E-state index in [0.29, 0.717) is 18.2 Å². The number of aromatic nitrogens is 2. The number of furan rings is 1. The molecule has 102 valence electrons. The molecule has 0 aliphatic carbocycles. The van der Waals surface area contributed by atoms with Crippen LogP contribution in [0.15, 0.2) is 16.5 Å². The summed E-state index contributed by atoms with van der Waals surface area (Å²) in [7, 11) is 1.97. The molecule has 0 bridgehead atoms. The van der Waals surface area contributed by atoms with Crippen molar-refractivity contribution in [2.75, 3.05) is 17.4 Å². The topological polar surface area (TPSA) is 80.2 Å². The molecule has 0 saturated carbocycles. The van der Waals surface area contributed by atoms with E-state index in [9.17, 15) is 0 Å². The number of nitrogens with two attached hydrogens (primary N) is 1. The van der Waals surface area contributed by atoms with E-state index in [0.717, 1.165) is 22.9 Å². The van der Waals surface area contributed by atoms with Crippen LogP contribution in [0.1, 0.15) is 22.9 Å². The van der Waals surface area contributed by atoms with Gasteiger partial charge in [0.05, 0.1) is 6.54 Å². The van der Waals surface area contributed by atoms with Gasteiger partial charge in [-0.05, 0) is 32.9 Å². The van der Waals surface area contributed by atoms with Gasteiger partial charge in [-0.1, -0.05) is 0 Å². The third-order valence-electron chi connectivity index (χ3n) is 2.92. The number of nitrogen functional groups attached to an aromatic ring is 1. The van der Waals surface area contributed by atoms with Crippen LogP contribution in [0, 0.1) is 20.8 Å². The molecule has 0 amide bonds. The number of rotatable bonds is 4. The average molecular weight is 261 g/mol. The Morgan fingerprint density at radius 1 is 1.26 bits per heavy atom. The second kappa shape index (κ2) is 5.27. The normalized spacial score (nSPS) is 10.6. The van der Waals surface area contributed by atoms with Gasteiger partial charge in [0.1, 0.15) is 29.0 Å². The third kappa shape index (κ3) is 2.85. The van der Waals surface area contributed by atoms with Gasteiger partial charge in [-0.25, -0.2) is 15.8 Å². The van der Waals surface area contributed by atoms with Crippen molar-refractivity contribution in [2.24, 2.45) is 5.84 Å². The van der Waals surface area contributed by atoms with E-state index in [1.54, 1.807) is 0 Å². The lowest BCUT2D eigenvalue weighted by atomic mass is 10.3. The van der Waals surface area contributed by atoms with E-state index in [2.05, 4.69) is 15.4 Å². The number of anilines is 2. The molecule has 3 N–H and O–H groups in total. The van der Waals surface area contributed by atoms with Crippen LogP contribution in [0.5, 0.6) is 0 Å². The van der Waals surface area contributed by atoms with Crippen LogP contribution in [0.3, 0.4) is 0 Å². The highest BCUT2D eigenvalue weighted by Gasteiger charge is 2.13. The van der Waals surface area contributed by atoms with Crippen LogP contribution < -0.4 is 16.2 Å². The van der Waals surface area contributed by atoms with E-state index < -0.39 is 0 Å². The molecule has 19 heavy (non-hydrogen) atoms. The fourth-order valence-corrected chi connectivity index (χ4v) is 2.00. The van der Waals surface area contributed by atoms with E-state index in [4.69, 9.17) is 10.3 Å². The van der Waals surface area contributed by atoms with Gasteiger partial charge >= 0.3 is 0 Å². The molecule has 6 nitrogen and oxygen atoms in total. The van der Waals surface area contributed by atoms with Crippen LogP contribution in [-0.2, 0) is 6.54 Å². The van der Waals surface area contributed by atoms with Crippen molar-refractivity contribution in [3.8, 4) is 0 Å². The minimum atomic E-state index is 0.643. The summed E-state index contributed by atoms with van der Waals surface area (Å²) in [5.41, 5.74) is 3.51. The lowest BCUT2D eigenvalue weighted by Gasteiger charge is -2.20. The molecular formula is C13H19N5O. The zero-order valence-corrected chi connectivity index (χ0v) is 11.7. The monoisotopic (exact) mass is 261 g/mol. The van der Waals surface area contributed by atoms with Gasteiger partial charge in [0, 0.05) is 12.6 Å². The number of hydrogen-bond donors (Lipinski definition) is 2. The summed E-state index contributed by atoms with van der Waals surface area (Å²) < 4.78 is 5.58. The summed E-state index contributed by atoms with van der Waals surface area (Å²) in [6, 6.07) is 3.92. The molecule has 2 aromatic heterocycles. The largest absolute Gasteiger partial charge is 0.464 e. The average Bonchev–Trinajstić information content (AvgIpc) is 2.77. The fourth-order valence-electron chi connectivity index (χ4n) is 2.00. The van der Waals surface area contributed by atoms with E-state index in [1.165, 1.54) is 0 Å². The van der Waals surface area contributed by atoms with Crippen LogP contribution in [-0.4, -0.2) is 17.0 Å². The SMILES string of the molecule is Cc1nc(NN)c(C)c(N(C)Cc2ccc(C)o2)n1. The lowest BCUT2D eigenvalue weighted by molar-refractivity contribution is 0.481. The van der Waals surface area contributed by atoms with Crippen LogP contribution >= 0.6 is 0 Å². The summed E-state index contributed by atoms with van der Waals surface area (Å²) in [4.78, 5) is 10.7. The van der Waals surface area contributed by atoms with E-state index in [1.807, 2.05) is 44.9 Å². The fraction of sp³-hybridized carbons (Fsp3) is 0.385. The minimum Gasteiger partial charge on any atom is -0.464 e. The molecular weight excluding hydrogens is 242 g/mol. The Labute approximate surface area is 112 Å². The van der Waals surface area contributed by atoms with Crippen LogP contribution in [0.25, 0.3) is 0 Å². The molecule has 0 radical (unpaired) electrons. The van der Waals surface area contributed by atoms with Crippen LogP contribution in [0.4, 0.5) is 11.6 Å². The zero-order valence-electron chi connectivity index (χ0n) is 11.7. The smallest absolute Gasteiger partial charge is 0.148 e. The summed E-state index contributed by atoms with van der Waals surface area (Å²) in [5.74, 6) is 9.44. The molecule has 6 heteroatoms. The third-order valence-corrected chi connectivity index (χ3v) is 2.92. The quantitative estimate of drug-likeness (QED) is 0.646. The van der Waals surface area contributed by atoms with Crippen LogP contribution in [0.2, 0.25) is 0 Å². The second-order valence-corrected chi connectivity index (χ2v) is 4.58. The van der Waals surface area contributed by atoms with Gasteiger partial charge in [-0.15, -0.1) is 0 Å². The van der Waals surface area contributed by atoms with Gasteiger partial charge in [0.25, 0.3) is 0 Å². The Morgan fingerprint density at radius 2 is 2.00 bits per heavy atom. The van der Waals surface area contributed by atoms with Gasteiger partial charge in [-0.2, -0.15) is 0 Å². The van der Waals surface area contributed by atoms with Crippen molar-refractivity contribution >= 4 is 11.6 Å². The standard InChI is InChI=1S/C13H19N5O/c1-8-5-6-11(19-8)7-18(4)13-9(2)12(17-14)15-10(3)16-13/h5-6H,7,14H2,1-4H3,(H,15,16,17). The number of nitrogens with one attached hydrogen (secondary N) is 1. The van der Waals surface area contributed by atoms with Gasteiger partial charge in [0.15, 0.2) is 0 Å². The minimum absolute atomic E-state index is 0.643. The summed E-state index contributed by atoms with van der Waals surface area (Å²) in [5, 5.41) is 0. The molecule has 0 aliphatic heterocycles. The predicted octanol–water partition coefficient (Wildman–Crippen LogP) is 1.92. The van der Waals surface area contributed by atoms with Gasteiger partial charge in [0.2, 0.25) is 0 Å². The van der Waals surface area contributed by atoms with Gasteiger partial charge < -0.3 is 14.7 Å². The highest BCUT2D eigenvalue weighted by Crippen LogP contribution is 2.23. The molecule has 0 aromatic carbocycles. The molecule has 0 saturated heterocycles. The highest BCUT2D eigenvalue weighted by molar-refractivity contribution is 5.57. The molecule has 0 unspecified atom stereocenters. The maximum Gasteiger partial charge on any atom is 0.148 e. The maximum absolute atomic E-state index is 5.58. The molecule has 0 fully saturated rings. The number of nitrogens with zero attached hydrogens (tertiary/aromatic N) is 3. The zero-order chi connectivity index (χ0) is 14.0. The number of hydrazine groups is 1. The Kier molecular flexibility index (Phi) is 3.71. The first-order valence-corrected chi connectivity index (χ1v) is 6.09. The Hall–Kier alpha value is -2.08. The first-order chi connectivity index (χ1) is 9.01.